The van der Waals surface area contributed by atoms with Crippen molar-refractivity contribution < 1.29 is 4.79 Å². The van der Waals surface area contributed by atoms with Crippen LogP contribution in [0.25, 0.3) is 11.4 Å². The number of hydrogen-bond acceptors (Lipinski definition) is 5. The second kappa shape index (κ2) is 6.87. The summed E-state index contributed by atoms with van der Waals surface area (Å²) in [6, 6.07) is 8.22. The molecule has 1 saturated heterocycles. The molecule has 0 spiro atoms. The van der Waals surface area contributed by atoms with Crippen LogP contribution in [0, 0.1) is 6.92 Å². The Kier molecular flexibility index (Phi) is 4.66. The Morgan fingerprint density at radius 2 is 2.00 bits per heavy atom. The molecule has 0 unspecified atom stereocenters. The molecule has 0 bridgehead atoms. The van der Waals surface area contributed by atoms with E-state index >= 15 is 0 Å². The topological polar surface area (TPSA) is 75.9 Å². The molecular formula is C16H22N6O. The summed E-state index contributed by atoms with van der Waals surface area (Å²) < 4.78 is 0. The zero-order chi connectivity index (χ0) is 16.2. The molecular weight excluding hydrogens is 292 g/mol. The number of carbonyl (C=O) groups is 1. The molecule has 7 nitrogen and oxygen atoms in total. The van der Waals surface area contributed by atoms with E-state index in [0.717, 1.165) is 31.5 Å². The van der Waals surface area contributed by atoms with Crippen molar-refractivity contribution in [1.82, 2.24) is 30.4 Å². The van der Waals surface area contributed by atoms with E-state index in [-0.39, 0.29) is 12.5 Å². The summed E-state index contributed by atoms with van der Waals surface area (Å²) in [5, 5.41) is 15.7. The molecule has 1 aromatic heterocycles. The van der Waals surface area contributed by atoms with E-state index in [1.165, 1.54) is 10.4 Å². The largest absolute Gasteiger partial charge is 0.341 e. The van der Waals surface area contributed by atoms with Gasteiger partial charge in [-0.2, -0.15) is 4.80 Å². The van der Waals surface area contributed by atoms with Gasteiger partial charge in [-0.05, 0) is 38.1 Å². The van der Waals surface area contributed by atoms with Crippen LogP contribution in [-0.2, 0) is 11.3 Å². The standard InChI is InChI=1S/C16H22N6O/c1-12-3-5-13(6-4-12)16-18-20-22(19-16)11-15(23)21(2)14-7-9-17-10-8-14/h3-6,14,17H,7-11H2,1-2H3. The van der Waals surface area contributed by atoms with Crippen molar-refractivity contribution >= 4 is 5.91 Å². The Morgan fingerprint density at radius 1 is 1.30 bits per heavy atom. The molecule has 0 saturated carbocycles. The number of carbonyl (C=O) groups excluding carboxylic acids is 1. The van der Waals surface area contributed by atoms with Crippen LogP contribution in [-0.4, -0.2) is 57.2 Å². The molecule has 1 aliphatic rings. The number of nitrogens with zero attached hydrogens (tertiary/aromatic N) is 5. The van der Waals surface area contributed by atoms with E-state index in [1.807, 2.05) is 43.1 Å². The van der Waals surface area contributed by atoms with E-state index in [4.69, 9.17) is 0 Å². The molecule has 7 heteroatoms. The first-order valence-corrected chi connectivity index (χ1v) is 7.95. The van der Waals surface area contributed by atoms with Crippen LogP contribution >= 0.6 is 0 Å². The van der Waals surface area contributed by atoms with Crippen molar-refractivity contribution in [2.24, 2.45) is 0 Å². The van der Waals surface area contributed by atoms with Gasteiger partial charge >= 0.3 is 0 Å². The number of aryl methyl sites for hydroxylation is 1. The van der Waals surface area contributed by atoms with E-state index in [1.54, 1.807) is 0 Å². The molecule has 1 aromatic carbocycles. The summed E-state index contributed by atoms with van der Waals surface area (Å²) >= 11 is 0. The summed E-state index contributed by atoms with van der Waals surface area (Å²) in [5.74, 6) is 0.562. The Balaban J connectivity index is 1.64. The third kappa shape index (κ3) is 3.73. The van der Waals surface area contributed by atoms with Crippen molar-refractivity contribution in [2.75, 3.05) is 20.1 Å². The fourth-order valence-corrected chi connectivity index (χ4v) is 2.76. The second-order valence-corrected chi connectivity index (χ2v) is 6.00. The number of aromatic nitrogens is 4. The van der Waals surface area contributed by atoms with Crippen LogP contribution in [0.2, 0.25) is 0 Å². The lowest BCUT2D eigenvalue weighted by Crippen LogP contribution is -2.45. The molecule has 1 N–H and O–H groups in total. The van der Waals surface area contributed by atoms with Crippen LogP contribution in [0.4, 0.5) is 0 Å². The Hall–Kier alpha value is -2.28. The zero-order valence-electron chi connectivity index (χ0n) is 13.6. The molecule has 122 valence electrons. The maximum Gasteiger partial charge on any atom is 0.246 e. The average Bonchev–Trinajstić information content (AvgIpc) is 3.04. The van der Waals surface area contributed by atoms with Gasteiger partial charge in [0, 0.05) is 18.7 Å². The number of tetrazole rings is 1. The van der Waals surface area contributed by atoms with E-state index in [2.05, 4.69) is 20.7 Å². The maximum absolute atomic E-state index is 12.4. The van der Waals surface area contributed by atoms with Gasteiger partial charge in [0.05, 0.1) is 0 Å². The summed E-state index contributed by atoms with van der Waals surface area (Å²) in [6.45, 7) is 4.07. The molecule has 0 aliphatic carbocycles. The number of likely N-dealkylation sites (N-methyl/N-ethyl adjacent to an activating group) is 1. The molecule has 23 heavy (non-hydrogen) atoms. The number of rotatable bonds is 4. The zero-order valence-corrected chi connectivity index (χ0v) is 13.6. The lowest BCUT2D eigenvalue weighted by atomic mass is 10.1. The van der Waals surface area contributed by atoms with E-state index in [9.17, 15) is 4.79 Å². The number of amides is 1. The fourth-order valence-electron chi connectivity index (χ4n) is 2.76. The minimum Gasteiger partial charge on any atom is -0.341 e. The molecule has 0 atom stereocenters. The first-order chi connectivity index (χ1) is 11.1. The number of nitrogens with one attached hydrogen (secondary N) is 1. The molecule has 1 amide bonds. The van der Waals surface area contributed by atoms with E-state index in [0.29, 0.717) is 11.9 Å². The van der Waals surface area contributed by atoms with Crippen molar-refractivity contribution in [3.63, 3.8) is 0 Å². The monoisotopic (exact) mass is 314 g/mol. The van der Waals surface area contributed by atoms with Crippen molar-refractivity contribution in [3.8, 4) is 11.4 Å². The van der Waals surface area contributed by atoms with Gasteiger partial charge in [-0.15, -0.1) is 10.2 Å². The molecule has 0 radical (unpaired) electrons. The van der Waals surface area contributed by atoms with Crippen LogP contribution in [0.15, 0.2) is 24.3 Å². The van der Waals surface area contributed by atoms with Crippen LogP contribution in [0.3, 0.4) is 0 Å². The van der Waals surface area contributed by atoms with Gasteiger partial charge in [-0.3, -0.25) is 4.79 Å². The quantitative estimate of drug-likeness (QED) is 0.906. The van der Waals surface area contributed by atoms with Gasteiger partial charge < -0.3 is 10.2 Å². The van der Waals surface area contributed by atoms with Crippen molar-refractivity contribution in [2.45, 2.75) is 32.4 Å². The third-order valence-electron chi connectivity index (χ3n) is 4.29. The minimum atomic E-state index is 0.0183. The smallest absolute Gasteiger partial charge is 0.246 e. The Labute approximate surface area is 135 Å². The van der Waals surface area contributed by atoms with Gasteiger partial charge in [-0.1, -0.05) is 29.8 Å². The third-order valence-corrected chi connectivity index (χ3v) is 4.29. The fraction of sp³-hybridized carbons (Fsp3) is 0.500. The van der Waals surface area contributed by atoms with Crippen molar-refractivity contribution in [1.29, 1.82) is 0 Å². The summed E-state index contributed by atoms with van der Waals surface area (Å²) in [6.07, 6.45) is 1.98. The van der Waals surface area contributed by atoms with Crippen LogP contribution < -0.4 is 5.32 Å². The Morgan fingerprint density at radius 3 is 2.70 bits per heavy atom. The highest BCUT2D eigenvalue weighted by atomic mass is 16.2. The molecule has 2 aromatic rings. The van der Waals surface area contributed by atoms with Gasteiger partial charge in [0.15, 0.2) is 0 Å². The average molecular weight is 314 g/mol. The lowest BCUT2D eigenvalue weighted by Gasteiger charge is -2.31. The molecule has 1 aliphatic heterocycles. The summed E-state index contributed by atoms with van der Waals surface area (Å²) in [4.78, 5) is 15.6. The summed E-state index contributed by atoms with van der Waals surface area (Å²) in [5.41, 5.74) is 2.08. The first-order valence-electron chi connectivity index (χ1n) is 7.95. The predicted molar refractivity (Wildman–Crippen MR) is 86.7 cm³/mol. The number of benzene rings is 1. The Bertz CT molecular complexity index is 659. The lowest BCUT2D eigenvalue weighted by molar-refractivity contribution is -0.133. The second-order valence-electron chi connectivity index (χ2n) is 6.00. The number of piperidine rings is 1. The van der Waals surface area contributed by atoms with Crippen LogP contribution in [0.5, 0.6) is 0 Å². The summed E-state index contributed by atoms with van der Waals surface area (Å²) in [7, 11) is 1.86. The maximum atomic E-state index is 12.4. The normalized spacial score (nSPS) is 15.6. The highest BCUT2D eigenvalue weighted by Crippen LogP contribution is 2.14. The molecule has 3 rings (SSSR count). The van der Waals surface area contributed by atoms with Gasteiger partial charge in [0.25, 0.3) is 0 Å². The molecule has 2 heterocycles. The highest BCUT2D eigenvalue weighted by Gasteiger charge is 2.22. The van der Waals surface area contributed by atoms with Gasteiger partial charge in [0.2, 0.25) is 11.7 Å². The van der Waals surface area contributed by atoms with Crippen LogP contribution in [0.1, 0.15) is 18.4 Å². The van der Waals surface area contributed by atoms with Gasteiger partial charge in [0.1, 0.15) is 6.54 Å². The van der Waals surface area contributed by atoms with Gasteiger partial charge in [-0.25, -0.2) is 0 Å². The predicted octanol–water partition coefficient (Wildman–Crippen LogP) is 0.859. The van der Waals surface area contributed by atoms with Crippen molar-refractivity contribution in [3.05, 3.63) is 29.8 Å². The minimum absolute atomic E-state index is 0.0183. The number of hydrogen-bond donors (Lipinski definition) is 1. The first kappa shape index (κ1) is 15.6. The highest BCUT2D eigenvalue weighted by molar-refractivity contribution is 5.75. The van der Waals surface area contributed by atoms with E-state index < -0.39 is 0 Å². The molecule has 1 fully saturated rings. The SMILES string of the molecule is Cc1ccc(-c2nnn(CC(=O)N(C)C3CCNCC3)n2)cc1.